The predicted octanol–water partition coefficient (Wildman–Crippen LogP) is 24.9. The minimum Gasteiger partial charge on any atom is -0.462 e. The molecule has 0 aromatic carbocycles. The number of hydrogen-bond donors (Lipinski definition) is 6. The second-order valence-electron chi connectivity index (χ2n) is 45.7. The molecule has 0 heterocycles. The third-order valence-electron chi connectivity index (χ3n) is 23.1. The van der Waals surface area contributed by atoms with Gasteiger partial charge >= 0.3 is 55.2 Å². The van der Waals surface area contributed by atoms with Crippen LogP contribution in [0.5, 0.6) is 0 Å². The molecule has 11 atom stereocenters. The van der Waals surface area contributed by atoms with E-state index in [9.17, 15) is 63.6 Å². The number of carbonyl (C=O) groups is 9. The smallest absolute Gasteiger partial charge is 0.462 e. The number of carbonyl (C=O) groups excluding carboxylic acids is 9. The Morgan fingerprint density at radius 3 is 0.847 bits per heavy atom. The van der Waals surface area contributed by atoms with E-state index in [0.717, 1.165) is 57.2 Å². The third-order valence-corrected chi connectivity index (χ3v) is 23.1. The number of aliphatic hydroxyl groups is 6. The first-order valence-corrected chi connectivity index (χ1v) is 51.8. The summed E-state index contributed by atoms with van der Waals surface area (Å²) in [5.41, 5.74) is -0.942. The summed E-state index contributed by atoms with van der Waals surface area (Å²) < 4.78 is 84.6. The lowest BCUT2D eigenvalue weighted by molar-refractivity contribution is -0.156. The molecule has 0 aliphatic heterocycles. The number of rotatable bonds is 40. The number of aliphatic hydroxyl groups excluding tert-OH is 6. The molecular weight excluding hydrogens is 1860 g/mol. The van der Waals surface area contributed by atoms with Crippen LogP contribution >= 0.6 is 0 Å². The highest BCUT2D eigenvalue weighted by Crippen LogP contribution is 2.31. The molecule has 0 saturated heterocycles. The molecule has 0 aliphatic rings. The Balaban J connectivity index is -0.000000153. The molecule has 866 valence electrons. The van der Waals surface area contributed by atoms with Gasteiger partial charge < -0.3 is 111 Å². The van der Waals surface area contributed by atoms with Crippen LogP contribution in [0.15, 0.2) is 4.99 Å². The zero-order valence-electron chi connectivity index (χ0n) is 101. The van der Waals surface area contributed by atoms with Gasteiger partial charge in [-0.1, -0.05) is 256 Å². The summed E-state index contributed by atoms with van der Waals surface area (Å²) >= 11 is 0. The topological polar surface area (TPSA) is 451 Å². The van der Waals surface area contributed by atoms with Crippen LogP contribution in [-0.4, -0.2) is 294 Å². The molecule has 0 rings (SSSR count). The molecule has 0 amide bonds. The molecular formula is C109H223N3O32. The first-order chi connectivity index (χ1) is 65.4. The van der Waals surface area contributed by atoms with Gasteiger partial charge in [-0.25, -0.2) is 38.4 Å². The van der Waals surface area contributed by atoms with Crippen LogP contribution in [0.4, 0.5) is 38.4 Å². The zero-order chi connectivity index (χ0) is 116. The molecule has 6 N–H and O–H groups in total. The van der Waals surface area contributed by atoms with E-state index in [-0.39, 0.29) is 200 Å². The Morgan fingerprint density at radius 2 is 0.604 bits per heavy atom. The van der Waals surface area contributed by atoms with Gasteiger partial charge in [0, 0.05) is 56.9 Å². The van der Waals surface area contributed by atoms with E-state index in [1.807, 2.05) is 312 Å². The van der Waals surface area contributed by atoms with Crippen molar-refractivity contribution in [3.63, 3.8) is 0 Å². The summed E-state index contributed by atoms with van der Waals surface area (Å²) in [6.07, 6.45) is -0.177. The van der Waals surface area contributed by atoms with E-state index in [4.69, 9.17) is 81.3 Å². The monoisotopic (exact) mass is 2090 g/mol. The maximum Gasteiger partial charge on any atom is 0.508 e. The van der Waals surface area contributed by atoms with Crippen LogP contribution in [-0.2, 0) is 85.3 Å². The van der Waals surface area contributed by atoms with Crippen LogP contribution < -0.4 is 0 Å². The molecule has 0 spiro atoms. The highest BCUT2D eigenvalue weighted by Gasteiger charge is 2.37. The minimum atomic E-state index is -1.12. The van der Waals surface area contributed by atoms with E-state index in [1.165, 1.54) is 7.11 Å². The number of ether oxygens (including phenoxy) is 17. The van der Waals surface area contributed by atoms with Crippen molar-refractivity contribution >= 4 is 60.9 Å². The Bertz CT molecular complexity index is 3190. The molecule has 0 bridgehead atoms. The summed E-state index contributed by atoms with van der Waals surface area (Å²) in [6, 6.07) is 0. The van der Waals surface area contributed by atoms with E-state index >= 15 is 0 Å². The van der Waals surface area contributed by atoms with Gasteiger partial charge in [0.1, 0.15) is 68.1 Å². The lowest BCUT2D eigenvalue weighted by Gasteiger charge is -2.40. The third kappa shape index (κ3) is 95.9. The zero-order valence-corrected chi connectivity index (χ0v) is 101. The summed E-state index contributed by atoms with van der Waals surface area (Å²) in [5.74, 6) is -0.224. The number of esters is 1. The van der Waals surface area contributed by atoms with Crippen LogP contribution in [0.2, 0.25) is 0 Å². The fourth-order valence-electron chi connectivity index (χ4n) is 7.78. The second-order valence-corrected chi connectivity index (χ2v) is 45.7. The molecule has 0 fully saturated rings. The summed E-state index contributed by atoms with van der Waals surface area (Å²) in [4.78, 5) is 108. The SMILES string of the molecule is CC.CC(C)OC(=O)O[C@H](C)C(C)(C)C.CCC(C)(CO)CC(=O)O[C@H](C)C(C)(C)C.CCC(CO)COC(=O)O[C@H](C)C(C)(C)C.CCCCOC(=O)O[C@H](C)C(C)(C)C.CCCN(CCO)CCOC(=O)O[C@H](C)C(C)(C)C.CCCN(CCOC(=O)O[C@H](C)C(C)(C)C)C(CO)(CO)CO.CCCOC(=O)O[C@H](C)C(C)(C)C.CCOC(=O)O[C@H](C)C(C)(C)C.CN=C(C)C.COC(=O)O[C@H](C)C(C)(C)C. The van der Waals surface area contributed by atoms with E-state index in [0.29, 0.717) is 39.5 Å². The van der Waals surface area contributed by atoms with Gasteiger partial charge in [-0.3, -0.25) is 19.6 Å². The summed E-state index contributed by atoms with van der Waals surface area (Å²) in [7, 11) is 3.09. The van der Waals surface area contributed by atoms with Gasteiger partial charge in [-0.2, -0.15) is 0 Å². The molecule has 2 unspecified atom stereocenters. The van der Waals surface area contributed by atoms with E-state index in [1.54, 1.807) is 39.6 Å². The maximum absolute atomic E-state index is 11.7. The average Bonchev–Trinajstić information content (AvgIpc) is 0.832. The molecule has 144 heavy (non-hydrogen) atoms. The van der Waals surface area contributed by atoms with Crippen LogP contribution in [0.25, 0.3) is 0 Å². The number of hydrogen-bond acceptors (Lipinski definition) is 35. The van der Waals surface area contributed by atoms with E-state index < -0.39 is 54.8 Å². The Morgan fingerprint density at radius 1 is 0.319 bits per heavy atom. The second kappa shape index (κ2) is 84.7. The van der Waals surface area contributed by atoms with Gasteiger partial charge in [0.15, 0.2) is 0 Å². The Hall–Kier alpha value is -7.02. The first kappa shape index (κ1) is 160. The standard InChI is InChI=1S/C16H33NO6.C14H29NO4.C13H26O3.C12H24O4.C11H22O3.2C10H20O3.C9H18O3.C8H16O3.C4H9N.C2H6/c1-6-7-17(16(10-18,11-19)12-20)8-9-22-14(21)23-13(2)15(3,4)5;1-6-7-15(8-10-16)9-11-18-13(17)19-12(2)14(3,4)5;1-7-13(6,9-14)8-11(15)16-10(2)12(3,4)5;1-6-10(7-13)8-15-11(14)16-9(2)12(3,4)5;1-6-7-8-13-10(12)14-9(2)11(3,4)5;1-7(2)12-9(11)13-8(3)10(4,5)6;1-6-7-12-9(11)13-8(2)10(3,4)5;1-6-11-8(10)12-7(2)9(3,4)5;1-6(8(2,3)4)11-7(9)10-5;1-4(2)5-3;1-2/h13,18-20H,6-12H2,1-5H3;12,16H,6-11H2,1-5H3;10,14H,7-9H2,1-6H3;9-10,13H,6-8H2,1-5H3;9H,6-8H2,1-5H3;7-8H,1-6H3;8H,6-7H2,1-5H3;7H,6H2,1-5H3;6H,1-5H3;1-3H3;1-2H3/t13-;12-;10-,13?;9-,10?;9-;2*8-;7-;6-;;/m111111111../s1. The first-order valence-electron chi connectivity index (χ1n) is 51.8. The van der Waals surface area contributed by atoms with Crippen molar-refractivity contribution in [2.24, 2.45) is 65.1 Å². The number of unbranched alkanes of at least 4 members (excludes halogenated alkanes) is 1. The molecule has 35 heteroatoms. The van der Waals surface area contributed by atoms with Gasteiger partial charge in [0.05, 0.1) is 78.0 Å². The lowest BCUT2D eigenvalue weighted by Crippen LogP contribution is -2.58. The quantitative estimate of drug-likeness (QED) is 0.0144. The highest BCUT2D eigenvalue weighted by atomic mass is 16.8. The van der Waals surface area contributed by atoms with Crippen molar-refractivity contribution < 1.29 is 154 Å². The average molecular weight is 2090 g/mol. The largest absolute Gasteiger partial charge is 0.508 e. The summed E-state index contributed by atoms with van der Waals surface area (Å²) in [5, 5.41) is 55.5. The molecule has 0 saturated carbocycles. The van der Waals surface area contributed by atoms with Gasteiger partial charge in [0.2, 0.25) is 0 Å². The van der Waals surface area contributed by atoms with Gasteiger partial charge in [-0.05, 0) is 197 Å². The molecule has 0 aliphatic carbocycles. The van der Waals surface area contributed by atoms with Gasteiger partial charge in [-0.15, -0.1) is 0 Å². The van der Waals surface area contributed by atoms with Crippen molar-refractivity contribution in [1.82, 2.24) is 9.80 Å². The van der Waals surface area contributed by atoms with Crippen molar-refractivity contribution in [3.05, 3.63) is 0 Å². The number of methoxy groups -OCH3 is 1. The van der Waals surface area contributed by atoms with Crippen LogP contribution in [0, 0.1) is 60.1 Å². The van der Waals surface area contributed by atoms with Crippen LogP contribution in [0.1, 0.15) is 398 Å². The maximum atomic E-state index is 11.7. The lowest BCUT2D eigenvalue weighted by atomic mass is 9.85. The van der Waals surface area contributed by atoms with Crippen LogP contribution in [0.3, 0.4) is 0 Å². The van der Waals surface area contributed by atoms with Gasteiger partial charge in [0.25, 0.3) is 0 Å². The van der Waals surface area contributed by atoms with Crippen molar-refractivity contribution in [2.75, 3.05) is 126 Å². The summed E-state index contributed by atoms with van der Waals surface area (Å²) in [6.45, 7) is 102. The normalized spacial score (nSPS) is 14.0. The fourth-order valence-corrected chi connectivity index (χ4v) is 7.78. The molecule has 0 radical (unpaired) electrons. The molecule has 0 aromatic heterocycles. The molecule has 35 nitrogen and oxygen atoms in total. The van der Waals surface area contributed by atoms with Crippen molar-refractivity contribution in [1.29, 1.82) is 0 Å². The number of aliphatic imine (C=N–C) groups is 1. The van der Waals surface area contributed by atoms with Crippen molar-refractivity contribution in [3.8, 4) is 0 Å². The fraction of sp³-hybridized carbons (Fsp3) is 0.908. The van der Waals surface area contributed by atoms with Crippen molar-refractivity contribution in [2.45, 2.75) is 464 Å². The predicted molar refractivity (Wildman–Crippen MR) is 575 cm³/mol. The Labute approximate surface area is 876 Å². The minimum absolute atomic E-state index is 0.00232. The molecule has 0 aromatic rings. The Kier molecular flexibility index (Phi) is 93.9. The van der Waals surface area contributed by atoms with E-state index in [2.05, 4.69) is 26.3 Å². The number of nitrogens with zero attached hydrogens (tertiary/aromatic N) is 3. The highest BCUT2D eigenvalue weighted by molar-refractivity contribution is 5.78.